The summed E-state index contributed by atoms with van der Waals surface area (Å²) in [4.78, 5) is 19.1. The summed E-state index contributed by atoms with van der Waals surface area (Å²) in [7, 11) is 1.33. The second-order valence-corrected chi connectivity index (χ2v) is 8.10. The molecule has 2 fully saturated rings. The van der Waals surface area contributed by atoms with Crippen LogP contribution in [0.5, 0.6) is 5.75 Å². The van der Waals surface area contributed by atoms with Gasteiger partial charge in [0.2, 0.25) is 0 Å². The van der Waals surface area contributed by atoms with Gasteiger partial charge >= 0.3 is 0 Å². The van der Waals surface area contributed by atoms with Crippen LogP contribution >= 0.6 is 0 Å². The van der Waals surface area contributed by atoms with Gasteiger partial charge in [-0.2, -0.15) is 0 Å². The lowest BCUT2D eigenvalue weighted by Crippen LogP contribution is -2.44. The molecule has 2 saturated heterocycles. The number of aromatic nitrogens is 1. The first-order valence-corrected chi connectivity index (χ1v) is 10.5. The molecule has 170 valence electrons. The van der Waals surface area contributed by atoms with Gasteiger partial charge in [-0.05, 0) is 42.8 Å². The number of methoxy groups -OCH3 is 1. The summed E-state index contributed by atoms with van der Waals surface area (Å²) in [6.45, 7) is 1.54. The van der Waals surface area contributed by atoms with Crippen molar-refractivity contribution in [2.75, 3.05) is 30.4 Å². The summed E-state index contributed by atoms with van der Waals surface area (Å²) in [5.41, 5.74) is 0.0438. The predicted molar refractivity (Wildman–Crippen MR) is 118 cm³/mol. The summed E-state index contributed by atoms with van der Waals surface area (Å²) in [5.74, 6) is -2.96. The molecule has 6 nitrogen and oxygen atoms in total. The molecule has 33 heavy (non-hydrogen) atoms. The minimum absolute atomic E-state index is 0.0871. The number of hydrogen-bond acceptors (Lipinski definition) is 5. The van der Waals surface area contributed by atoms with Crippen LogP contribution in [0.25, 0.3) is 11.3 Å². The fourth-order valence-corrected chi connectivity index (χ4v) is 4.60. The van der Waals surface area contributed by atoms with E-state index >= 15 is 4.39 Å². The maximum absolute atomic E-state index is 15.4. The average Bonchev–Trinajstić information content (AvgIpc) is 3.43. The zero-order valence-corrected chi connectivity index (χ0v) is 17.7. The highest BCUT2D eigenvalue weighted by molar-refractivity contribution is 6.06. The van der Waals surface area contributed by atoms with Crippen LogP contribution in [0.3, 0.4) is 0 Å². The minimum atomic E-state index is -0.999. The van der Waals surface area contributed by atoms with Crippen LogP contribution in [-0.2, 0) is 0 Å². The summed E-state index contributed by atoms with van der Waals surface area (Å²) in [6, 6.07) is 10.0. The lowest BCUT2D eigenvalue weighted by atomic mass is 10.1. The third kappa shape index (κ3) is 3.78. The van der Waals surface area contributed by atoms with E-state index in [9.17, 15) is 13.6 Å². The van der Waals surface area contributed by atoms with Crippen molar-refractivity contribution >= 4 is 17.3 Å². The molecule has 9 heteroatoms. The number of anilines is 2. The average molecular weight is 454 g/mol. The molecular formula is C24H21F3N4O2. The number of rotatable bonds is 5. The van der Waals surface area contributed by atoms with Crippen molar-refractivity contribution in [2.24, 2.45) is 0 Å². The summed E-state index contributed by atoms with van der Waals surface area (Å²) in [5, 5.41) is 6.03. The van der Waals surface area contributed by atoms with Crippen molar-refractivity contribution in [3.8, 4) is 17.0 Å². The molecule has 0 saturated carbocycles. The van der Waals surface area contributed by atoms with E-state index in [0.717, 1.165) is 25.6 Å². The third-order valence-electron chi connectivity index (χ3n) is 6.14. The Morgan fingerprint density at radius 2 is 2.06 bits per heavy atom. The van der Waals surface area contributed by atoms with Gasteiger partial charge in [0, 0.05) is 31.4 Å². The summed E-state index contributed by atoms with van der Waals surface area (Å²) < 4.78 is 49.0. The van der Waals surface area contributed by atoms with E-state index in [1.54, 1.807) is 6.07 Å². The Hall–Kier alpha value is -3.59. The molecule has 2 aliphatic rings. The van der Waals surface area contributed by atoms with Crippen molar-refractivity contribution < 1.29 is 22.7 Å². The van der Waals surface area contributed by atoms with Crippen LogP contribution in [0.15, 0.2) is 48.7 Å². The van der Waals surface area contributed by atoms with Crippen LogP contribution in [0.4, 0.5) is 24.5 Å². The molecule has 2 N–H and O–H groups in total. The fraction of sp³-hybridized carbons (Fsp3) is 0.250. The maximum atomic E-state index is 15.4. The van der Waals surface area contributed by atoms with Crippen LogP contribution in [0, 0.1) is 17.5 Å². The summed E-state index contributed by atoms with van der Waals surface area (Å²) in [6.07, 6.45) is 2.19. The van der Waals surface area contributed by atoms with Gasteiger partial charge in [0.15, 0.2) is 5.82 Å². The van der Waals surface area contributed by atoms with Crippen molar-refractivity contribution in [1.82, 2.24) is 10.3 Å². The van der Waals surface area contributed by atoms with Gasteiger partial charge in [-0.15, -0.1) is 0 Å². The molecule has 3 aromatic rings. The number of halogens is 3. The van der Waals surface area contributed by atoms with E-state index in [1.165, 1.54) is 43.6 Å². The molecule has 2 bridgehead atoms. The van der Waals surface area contributed by atoms with Crippen LogP contribution < -0.4 is 20.3 Å². The van der Waals surface area contributed by atoms with Crippen molar-refractivity contribution in [3.63, 3.8) is 0 Å². The number of ether oxygens (including phenoxy) is 1. The Kier molecular flexibility index (Phi) is 5.41. The molecule has 2 aromatic carbocycles. The number of nitrogens with one attached hydrogen (secondary N) is 2. The molecule has 0 unspecified atom stereocenters. The van der Waals surface area contributed by atoms with E-state index < -0.39 is 23.4 Å². The van der Waals surface area contributed by atoms with E-state index in [2.05, 4.69) is 20.5 Å². The Morgan fingerprint density at radius 1 is 1.21 bits per heavy atom. The number of hydrogen-bond donors (Lipinski definition) is 2. The number of piperazine rings is 1. The van der Waals surface area contributed by atoms with Crippen LogP contribution in [-0.4, -0.2) is 43.2 Å². The molecule has 2 atom stereocenters. The van der Waals surface area contributed by atoms with Crippen LogP contribution in [0.2, 0.25) is 0 Å². The Balaban J connectivity index is 1.49. The second-order valence-electron chi connectivity index (χ2n) is 8.10. The zero-order valence-electron chi connectivity index (χ0n) is 17.7. The van der Waals surface area contributed by atoms with Gasteiger partial charge < -0.3 is 20.3 Å². The quantitative estimate of drug-likeness (QED) is 0.611. The number of carbonyl (C=O) groups excluding carboxylic acids is 1. The number of fused-ring (bicyclic) bond motifs is 2. The molecule has 5 rings (SSSR count). The fourth-order valence-electron chi connectivity index (χ4n) is 4.60. The zero-order chi connectivity index (χ0) is 23.1. The van der Waals surface area contributed by atoms with Crippen LogP contribution in [0.1, 0.15) is 16.8 Å². The normalized spacial score (nSPS) is 19.1. The molecule has 1 aromatic heterocycles. The molecule has 1 amide bonds. The minimum Gasteiger partial charge on any atom is -0.496 e. The first-order chi connectivity index (χ1) is 16.0. The SMILES string of the molecule is COc1cccc(F)c1-c1nccc(C(=O)Nc2cc(F)ccc2N2C[C@H]3C[C@@H]2CN3)c1F. The first-order valence-electron chi connectivity index (χ1n) is 10.5. The molecule has 3 heterocycles. The van der Waals surface area contributed by atoms with Gasteiger partial charge in [-0.25, -0.2) is 13.2 Å². The van der Waals surface area contributed by atoms with Crippen molar-refractivity contribution in [2.45, 2.75) is 18.5 Å². The lowest BCUT2D eigenvalue weighted by molar-refractivity contribution is 0.102. The Morgan fingerprint density at radius 3 is 2.79 bits per heavy atom. The number of carbonyl (C=O) groups is 1. The second kappa shape index (κ2) is 8.40. The maximum Gasteiger partial charge on any atom is 0.258 e. The van der Waals surface area contributed by atoms with Crippen molar-refractivity contribution in [3.05, 3.63) is 71.7 Å². The van der Waals surface area contributed by atoms with Gasteiger partial charge in [0.1, 0.15) is 23.1 Å². The number of benzene rings is 2. The predicted octanol–water partition coefficient (Wildman–Crippen LogP) is 3.98. The number of pyridine rings is 1. The highest BCUT2D eigenvalue weighted by Gasteiger charge is 2.38. The molecule has 0 aliphatic carbocycles. The lowest BCUT2D eigenvalue weighted by Gasteiger charge is -2.31. The van der Waals surface area contributed by atoms with E-state index in [-0.39, 0.29) is 34.3 Å². The number of amides is 1. The third-order valence-corrected chi connectivity index (χ3v) is 6.14. The topological polar surface area (TPSA) is 66.5 Å². The molecule has 0 spiro atoms. The van der Waals surface area contributed by atoms with Gasteiger partial charge in [0.25, 0.3) is 5.91 Å². The standard InChI is InChI=1S/C24H21F3N4O2/c1-33-20-4-2-3-17(26)21(20)23-22(27)16(7-8-28-23)24(32)30-18-9-13(25)5-6-19(18)31-12-14-10-15(31)11-29-14/h2-9,14-15,29H,10-12H2,1H3,(H,30,32)/t14-,15-/m1/s1. The Bertz CT molecular complexity index is 1240. The molecular weight excluding hydrogens is 433 g/mol. The highest BCUT2D eigenvalue weighted by atomic mass is 19.1. The van der Waals surface area contributed by atoms with Gasteiger partial charge in [0.05, 0.1) is 29.6 Å². The monoisotopic (exact) mass is 454 g/mol. The number of nitrogens with zero attached hydrogens (tertiary/aromatic N) is 2. The van der Waals surface area contributed by atoms with Gasteiger partial charge in [-0.1, -0.05) is 6.07 Å². The highest BCUT2D eigenvalue weighted by Crippen LogP contribution is 2.36. The van der Waals surface area contributed by atoms with Gasteiger partial charge in [-0.3, -0.25) is 9.78 Å². The molecule has 0 radical (unpaired) electrons. The smallest absolute Gasteiger partial charge is 0.258 e. The van der Waals surface area contributed by atoms with E-state index in [1.807, 2.05) is 0 Å². The molecule has 2 aliphatic heterocycles. The Labute approximate surface area is 188 Å². The van der Waals surface area contributed by atoms with E-state index in [0.29, 0.717) is 11.7 Å². The summed E-state index contributed by atoms with van der Waals surface area (Å²) >= 11 is 0. The largest absolute Gasteiger partial charge is 0.496 e. The first kappa shape index (κ1) is 21.3. The van der Waals surface area contributed by atoms with Crippen molar-refractivity contribution in [1.29, 1.82) is 0 Å². The van der Waals surface area contributed by atoms with E-state index in [4.69, 9.17) is 4.74 Å².